The fourth-order valence-electron chi connectivity index (χ4n) is 1.80. The average Bonchev–Trinajstić information content (AvgIpc) is 2.76. The lowest BCUT2D eigenvalue weighted by Gasteiger charge is -2.20. The maximum absolute atomic E-state index is 5.15. The lowest BCUT2D eigenvalue weighted by atomic mass is 9.85. The van der Waals surface area contributed by atoms with E-state index in [4.69, 9.17) is 4.74 Å². The Morgan fingerprint density at radius 3 is 2.50 bits per heavy atom. The number of aromatic nitrogens is 1. The van der Waals surface area contributed by atoms with Crippen LogP contribution in [0.1, 0.15) is 31.9 Å². The zero-order valence-electron chi connectivity index (χ0n) is 11.6. The first-order chi connectivity index (χ1) is 8.41. The Morgan fingerprint density at radius 1 is 1.22 bits per heavy atom. The molecule has 2 aromatic rings. The van der Waals surface area contributed by atoms with Gasteiger partial charge in [-0.2, -0.15) is 0 Å². The van der Waals surface area contributed by atoms with Crippen LogP contribution in [0.15, 0.2) is 23.6 Å². The summed E-state index contributed by atoms with van der Waals surface area (Å²) >= 11 is 1.62. The SMILES string of the molecule is COc1csc(-c2cc(C(C)(C)C)ccc2C)n1. The summed E-state index contributed by atoms with van der Waals surface area (Å²) in [7, 11) is 1.65. The first kappa shape index (κ1) is 13.1. The van der Waals surface area contributed by atoms with E-state index in [2.05, 4.69) is 50.9 Å². The predicted octanol–water partition coefficient (Wildman–Crippen LogP) is 4.42. The van der Waals surface area contributed by atoms with E-state index < -0.39 is 0 Å². The van der Waals surface area contributed by atoms with Gasteiger partial charge >= 0.3 is 0 Å². The summed E-state index contributed by atoms with van der Waals surface area (Å²) in [5.41, 5.74) is 3.94. The molecule has 1 aromatic heterocycles. The number of hydrogen-bond acceptors (Lipinski definition) is 3. The predicted molar refractivity (Wildman–Crippen MR) is 77.5 cm³/mol. The minimum Gasteiger partial charge on any atom is -0.480 e. The number of thiazole rings is 1. The van der Waals surface area contributed by atoms with Crippen LogP contribution in [0.4, 0.5) is 0 Å². The highest BCUT2D eigenvalue weighted by Gasteiger charge is 2.16. The quantitative estimate of drug-likeness (QED) is 0.798. The first-order valence-electron chi connectivity index (χ1n) is 6.03. The summed E-state index contributed by atoms with van der Waals surface area (Å²) in [5.74, 6) is 0.690. The Morgan fingerprint density at radius 2 is 1.94 bits per heavy atom. The normalized spacial score (nSPS) is 11.6. The van der Waals surface area contributed by atoms with Crippen molar-refractivity contribution >= 4 is 11.3 Å². The summed E-state index contributed by atoms with van der Waals surface area (Å²) in [6.45, 7) is 8.80. The van der Waals surface area contributed by atoms with Crippen LogP contribution in [-0.4, -0.2) is 12.1 Å². The molecule has 1 aromatic carbocycles. The number of hydrogen-bond donors (Lipinski definition) is 0. The molecule has 0 aliphatic heterocycles. The molecule has 2 rings (SSSR count). The van der Waals surface area contributed by atoms with Crippen LogP contribution in [0.2, 0.25) is 0 Å². The van der Waals surface area contributed by atoms with E-state index in [1.54, 1.807) is 18.4 Å². The Hall–Kier alpha value is -1.35. The van der Waals surface area contributed by atoms with E-state index in [1.807, 2.05) is 5.38 Å². The van der Waals surface area contributed by atoms with Crippen LogP contribution >= 0.6 is 11.3 Å². The number of rotatable bonds is 2. The highest BCUT2D eigenvalue weighted by Crippen LogP contribution is 2.33. The molecule has 0 saturated heterocycles. The van der Waals surface area contributed by atoms with E-state index in [0.29, 0.717) is 5.88 Å². The van der Waals surface area contributed by atoms with Gasteiger partial charge in [0.2, 0.25) is 5.88 Å². The fraction of sp³-hybridized carbons (Fsp3) is 0.400. The summed E-state index contributed by atoms with van der Waals surface area (Å²) < 4.78 is 5.15. The molecule has 0 atom stereocenters. The summed E-state index contributed by atoms with van der Waals surface area (Å²) in [6.07, 6.45) is 0. The van der Waals surface area contributed by atoms with E-state index >= 15 is 0 Å². The summed E-state index contributed by atoms with van der Waals surface area (Å²) in [4.78, 5) is 4.48. The highest BCUT2D eigenvalue weighted by atomic mass is 32.1. The third kappa shape index (κ3) is 2.56. The molecule has 0 amide bonds. The summed E-state index contributed by atoms with van der Waals surface area (Å²) in [6, 6.07) is 6.61. The van der Waals surface area contributed by atoms with Crippen LogP contribution in [0.25, 0.3) is 10.6 Å². The maximum Gasteiger partial charge on any atom is 0.224 e. The average molecular weight is 261 g/mol. The molecule has 0 unspecified atom stereocenters. The minimum absolute atomic E-state index is 0.157. The van der Waals surface area contributed by atoms with Gasteiger partial charge in [-0.25, -0.2) is 4.98 Å². The van der Waals surface area contributed by atoms with Gasteiger partial charge in [-0.05, 0) is 29.5 Å². The van der Waals surface area contributed by atoms with E-state index in [-0.39, 0.29) is 5.41 Å². The monoisotopic (exact) mass is 261 g/mol. The van der Waals surface area contributed by atoms with Crippen LogP contribution in [0, 0.1) is 6.92 Å². The smallest absolute Gasteiger partial charge is 0.224 e. The third-order valence-corrected chi connectivity index (χ3v) is 3.88. The second kappa shape index (κ2) is 4.73. The molecule has 0 aliphatic rings. The van der Waals surface area contributed by atoms with Crippen molar-refractivity contribution in [3.05, 3.63) is 34.7 Å². The summed E-state index contributed by atoms with van der Waals surface area (Å²) in [5, 5.41) is 2.97. The van der Waals surface area contributed by atoms with Gasteiger partial charge in [0.25, 0.3) is 0 Å². The topological polar surface area (TPSA) is 22.1 Å². The zero-order chi connectivity index (χ0) is 13.3. The molecule has 0 bridgehead atoms. The molecule has 0 spiro atoms. The molecular weight excluding hydrogens is 242 g/mol. The largest absolute Gasteiger partial charge is 0.480 e. The molecule has 0 N–H and O–H groups in total. The fourth-order valence-corrected chi connectivity index (χ4v) is 2.65. The number of ether oxygens (including phenoxy) is 1. The molecule has 1 heterocycles. The van der Waals surface area contributed by atoms with Crippen molar-refractivity contribution in [2.45, 2.75) is 33.1 Å². The molecule has 0 fully saturated rings. The third-order valence-electron chi connectivity index (χ3n) is 3.03. The van der Waals surface area contributed by atoms with Gasteiger partial charge in [0.05, 0.1) is 12.5 Å². The van der Waals surface area contributed by atoms with Gasteiger partial charge in [-0.15, -0.1) is 11.3 Å². The van der Waals surface area contributed by atoms with E-state index in [9.17, 15) is 0 Å². The van der Waals surface area contributed by atoms with Crippen LogP contribution in [-0.2, 0) is 5.41 Å². The van der Waals surface area contributed by atoms with E-state index in [1.165, 1.54) is 16.7 Å². The standard InChI is InChI=1S/C15H19NOS/c1-10-6-7-11(15(2,3)4)8-12(10)14-16-13(17-5)9-18-14/h6-9H,1-5H3. The van der Waals surface area contributed by atoms with Crippen molar-refractivity contribution in [3.63, 3.8) is 0 Å². The van der Waals surface area contributed by atoms with Crippen LogP contribution in [0.5, 0.6) is 5.88 Å². The van der Waals surface area contributed by atoms with Gasteiger partial charge in [0.1, 0.15) is 5.01 Å². The molecule has 96 valence electrons. The molecule has 2 nitrogen and oxygen atoms in total. The minimum atomic E-state index is 0.157. The van der Waals surface area contributed by atoms with Crippen molar-refractivity contribution in [1.29, 1.82) is 0 Å². The molecule has 0 aliphatic carbocycles. The lowest BCUT2D eigenvalue weighted by molar-refractivity contribution is 0.401. The second-order valence-corrected chi connectivity index (χ2v) is 6.33. The van der Waals surface area contributed by atoms with Gasteiger partial charge < -0.3 is 4.74 Å². The number of nitrogens with zero attached hydrogens (tertiary/aromatic N) is 1. The highest BCUT2D eigenvalue weighted by molar-refractivity contribution is 7.13. The Bertz CT molecular complexity index is 552. The number of methoxy groups -OCH3 is 1. The van der Waals surface area contributed by atoms with Crippen LogP contribution in [0.3, 0.4) is 0 Å². The van der Waals surface area contributed by atoms with E-state index in [0.717, 1.165) is 5.01 Å². The van der Waals surface area contributed by atoms with Gasteiger partial charge in [0, 0.05) is 5.56 Å². The lowest BCUT2D eigenvalue weighted by Crippen LogP contribution is -2.11. The number of benzene rings is 1. The molecular formula is C15H19NOS. The Balaban J connectivity index is 2.49. The van der Waals surface area contributed by atoms with Gasteiger partial charge in [0.15, 0.2) is 0 Å². The van der Waals surface area contributed by atoms with Crippen molar-refractivity contribution < 1.29 is 4.74 Å². The molecule has 0 radical (unpaired) electrons. The van der Waals surface area contributed by atoms with Crippen molar-refractivity contribution in [2.75, 3.05) is 7.11 Å². The van der Waals surface area contributed by atoms with Crippen molar-refractivity contribution in [1.82, 2.24) is 4.98 Å². The second-order valence-electron chi connectivity index (χ2n) is 5.47. The van der Waals surface area contributed by atoms with Gasteiger partial charge in [-0.3, -0.25) is 0 Å². The maximum atomic E-state index is 5.15. The van der Waals surface area contributed by atoms with Crippen molar-refractivity contribution in [3.8, 4) is 16.5 Å². The Kier molecular flexibility index (Phi) is 3.44. The number of aryl methyl sites for hydroxylation is 1. The molecule has 3 heteroatoms. The molecule has 0 saturated carbocycles. The first-order valence-corrected chi connectivity index (χ1v) is 6.91. The Labute approximate surface area is 113 Å². The van der Waals surface area contributed by atoms with Crippen molar-refractivity contribution in [2.24, 2.45) is 0 Å². The molecule has 18 heavy (non-hydrogen) atoms. The van der Waals surface area contributed by atoms with Crippen LogP contribution < -0.4 is 4.74 Å². The van der Waals surface area contributed by atoms with Gasteiger partial charge in [-0.1, -0.05) is 32.9 Å². The zero-order valence-corrected chi connectivity index (χ0v) is 12.4.